The molecule has 0 bridgehead atoms. The zero-order valence-electron chi connectivity index (χ0n) is 11.8. The highest BCUT2D eigenvalue weighted by molar-refractivity contribution is 7.80. The van der Waals surface area contributed by atoms with Crippen LogP contribution < -0.4 is 16.2 Å². The smallest absolute Gasteiger partial charge is 0.347 e. The van der Waals surface area contributed by atoms with Crippen molar-refractivity contribution >= 4 is 17.2 Å². The zero-order chi connectivity index (χ0) is 15.2. The van der Waals surface area contributed by atoms with E-state index in [4.69, 9.17) is 22.7 Å². The second-order valence-electron chi connectivity index (χ2n) is 4.67. The average Bonchev–Trinajstić information content (AvgIpc) is 2.47. The highest BCUT2D eigenvalue weighted by Crippen LogP contribution is 2.17. The molecule has 0 radical (unpaired) electrons. The number of aryl methyl sites for hydroxylation is 2. The van der Waals surface area contributed by atoms with E-state index in [1.54, 1.807) is 17.0 Å². The fourth-order valence-corrected chi connectivity index (χ4v) is 2.11. The third kappa shape index (κ3) is 4.13. The summed E-state index contributed by atoms with van der Waals surface area (Å²) >= 11 is 4.98. The van der Waals surface area contributed by atoms with Crippen LogP contribution in [0.4, 0.5) is 0 Å². The van der Waals surface area contributed by atoms with Gasteiger partial charge in [-0.25, -0.2) is 9.78 Å². The molecule has 0 amide bonds. The van der Waals surface area contributed by atoms with Crippen LogP contribution >= 0.6 is 12.2 Å². The fourth-order valence-electron chi connectivity index (χ4n) is 1.94. The summed E-state index contributed by atoms with van der Waals surface area (Å²) in [7, 11) is 0. The molecule has 6 heteroatoms. The zero-order valence-corrected chi connectivity index (χ0v) is 12.6. The van der Waals surface area contributed by atoms with Gasteiger partial charge in [0.2, 0.25) is 0 Å². The molecule has 1 aromatic carbocycles. The topological polar surface area (TPSA) is 70.1 Å². The Morgan fingerprint density at radius 3 is 2.95 bits per heavy atom. The molecule has 0 unspecified atom stereocenters. The van der Waals surface area contributed by atoms with Crippen LogP contribution in [0, 0.1) is 6.92 Å². The fraction of sp³-hybridized carbons (Fsp3) is 0.267. The number of hydrogen-bond donors (Lipinski definition) is 1. The number of nitrogens with zero attached hydrogens (tertiary/aromatic N) is 2. The summed E-state index contributed by atoms with van der Waals surface area (Å²) in [5.41, 5.74) is 7.08. The minimum Gasteiger partial charge on any atom is -0.493 e. The van der Waals surface area contributed by atoms with Gasteiger partial charge in [0.15, 0.2) is 0 Å². The van der Waals surface area contributed by atoms with Gasteiger partial charge in [-0.2, -0.15) is 0 Å². The maximum Gasteiger partial charge on any atom is 0.347 e. The Labute approximate surface area is 128 Å². The molecular weight excluding hydrogens is 286 g/mol. The second-order valence-corrected chi connectivity index (χ2v) is 5.11. The van der Waals surface area contributed by atoms with E-state index in [9.17, 15) is 4.79 Å². The number of benzene rings is 1. The van der Waals surface area contributed by atoms with Crippen molar-refractivity contribution in [2.45, 2.75) is 19.9 Å². The first-order valence-corrected chi connectivity index (χ1v) is 7.03. The molecule has 0 saturated heterocycles. The van der Waals surface area contributed by atoms with Gasteiger partial charge in [-0.15, -0.1) is 0 Å². The Morgan fingerprint density at radius 2 is 2.19 bits per heavy atom. The third-order valence-corrected chi connectivity index (χ3v) is 3.16. The van der Waals surface area contributed by atoms with Crippen LogP contribution in [0.5, 0.6) is 5.75 Å². The summed E-state index contributed by atoms with van der Waals surface area (Å²) in [6, 6.07) is 7.38. The highest BCUT2D eigenvalue weighted by atomic mass is 32.1. The molecule has 0 saturated carbocycles. The van der Waals surface area contributed by atoms with Crippen LogP contribution in [0.25, 0.3) is 0 Å². The molecular formula is C15H17N3O2S. The maximum atomic E-state index is 11.6. The van der Waals surface area contributed by atoms with Gasteiger partial charge in [-0.1, -0.05) is 24.4 Å². The third-order valence-electron chi connectivity index (χ3n) is 2.94. The standard InChI is InChI=1S/C15H17N3O2S/c1-11-9-17-15(19)18(10-11)7-4-8-20-13-6-3-2-5-12(13)14(16)21/h2-3,5-6,9-10H,4,7-8H2,1H3,(H2,16,21). The van der Waals surface area contributed by atoms with E-state index in [1.807, 2.05) is 31.2 Å². The first-order valence-electron chi connectivity index (χ1n) is 6.62. The molecule has 5 nitrogen and oxygen atoms in total. The Hall–Kier alpha value is -2.21. The van der Waals surface area contributed by atoms with Crippen LogP contribution in [0.3, 0.4) is 0 Å². The average molecular weight is 303 g/mol. The molecule has 21 heavy (non-hydrogen) atoms. The van der Waals surface area contributed by atoms with Gasteiger partial charge in [-0.3, -0.25) is 4.57 Å². The van der Waals surface area contributed by atoms with Crippen LogP contribution in [-0.2, 0) is 6.54 Å². The number of nitrogens with two attached hydrogens (primary N) is 1. The van der Waals surface area contributed by atoms with Crippen molar-refractivity contribution in [3.63, 3.8) is 0 Å². The number of thiocarbonyl (C=S) groups is 1. The number of aromatic nitrogens is 2. The van der Waals surface area contributed by atoms with E-state index in [2.05, 4.69) is 4.98 Å². The molecule has 2 aromatic rings. The van der Waals surface area contributed by atoms with Crippen molar-refractivity contribution in [1.82, 2.24) is 9.55 Å². The lowest BCUT2D eigenvalue weighted by Gasteiger charge is -2.11. The van der Waals surface area contributed by atoms with E-state index < -0.39 is 0 Å². The molecule has 0 atom stereocenters. The normalized spacial score (nSPS) is 10.3. The number of hydrogen-bond acceptors (Lipinski definition) is 4. The van der Waals surface area contributed by atoms with E-state index in [-0.39, 0.29) is 5.69 Å². The molecule has 0 aliphatic heterocycles. The van der Waals surface area contributed by atoms with Crippen LogP contribution in [0.1, 0.15) is 17.5 Å². The van der Waals surface area contributed by atoms with Crippen molar-refractivity contribution in [1.29, 1.82) is 0 Å². The van der Waals surface area contributed by atoms with Crippen LogP contribution in [0.15, 0.2) is 41.5 Å². The van der Waals surface area contributed by atoms with E-state index in [0.29, 0.717) is 30.3 Å². The number of rotatable bonds is 6. The number of para-hydroxylation sites is 1. The van der Waals surface area contributed by atoms with Gasteiger partial charge in [0, 0.05) is 18.9 Å². The first-order chi connectivity index (χ1) is 10.1. The van der Waals surface area contributed by atoms with Gasteiger partial charge in [0.25, 0.3) is 0 Å². The van der Waals surface area contributed by atoms with E-state index >= 15 is 0 Å². The van der Waals surface area contributed by atoms with E-state index in [1.165, 1.54) is 0 Å². The molecule has 0 aliphatic carbocycles. The molecule has 2 rings (SSSR count). The molecule has 0 fully saturated rings. The maximum absolute atomic E-state index is 11.6. The number of ether oxygens (including phenoxy) is 1. The lowest BCUT2D eigenvalue weighted by Crippen LogP contribution is -2.23. The summed E-state index contributed by atoms with van der Waals surface area (Å²) in [5.74, 6) is 0.666. The summed E-state index contributed by atoms with van der Waals surface area (Å²) in [6.07, 6.45) is 4.04. The summed E-state index contributed by atoms with van der Waals surface area (Å²) in [4.78, 5) is 15.7. The molecule has 2 N–H and O–H groups in total. The highest BCUT2D eigenvalue weighted by Gasteiger charge is 2.05. The van der Waals surface area contributed by atoms with Gasteiger partial charge in [0.05, 0.1) is 12.2 Å². The van der Waals surface area contributed by atoms with Gasteiger partial charge < -0.3 is 10.5 Å². The van der Waals surface area contributed by atoms with Crippen molar-refractivity contribution in [2.24, 2.45) is 5.73 Å². The SMILES string of the molecule is Cc1cnc(=O)n(CCCOc2ccccc2C(N)=S)c1. The first kappa shape index (κ1) is 15.2. The lowest BCUT2D eigenvalue weighted by atomic mass is 10.2. The Morgan fingerprint density at radius 1 is 1.43 bits per heavy atom. The predicted octanol–water partition coefficient (Wildman–Crippen LogP) is 1.66. The predicted molar refractivity (Wildman–Crippen MR) is 85.7 cm³/mol. The van der Waals surface area contributed by atoms with Crippen molar-refractivity contribution < 1.29 is 4.74 Å². The minimum atomic E-state index is -0.246. The molecule has 1 aromatic heterocycles. The molecule has 0 spiro atoms. The second kappa shape index (κ2) is 6.99. The Kier molecular flexibility index (Phi) is 5.05. The van der Waals surface area contributed by atoms with Crippen molar-refractivity contribution in [2.75, 3.05) is 6.61 Å². The van der Waals surface area contributed by atoms with Gasteiger partial charge >= 0.3 is 5.69 Å². The Bertz CT molecular complexity index is 697. The summed E-state index contributed by atoms with van der Waals surface area (Å²) in [5, 5.41) is 0. The molecule has 0 aliphatic rings. The minimum absolute atomic E-state index is 0.246. The summed E-state index contributed by atoms with van der Waals surface area (Å²) in [6.45, 7) is 2.93. The molecule has 110 valence electrons. The van der Waals surface area contributed by atoms with Gasteiger partial charge in [0.1, 0.15) is 10.7 Å². The van der Waals surface area contributed by atoms with Crippen molar-refractivity contribution in [3.8, 4) is 5.75 Å². The lowest BCUT2D eigenvalue weighted by molar-refractivity contribution is 0.300. The van der Waals surface area contributed by atoms with Crippen LogP contribution in [-0.4, -0.2) is 21.1 Å². The summed E-state index contributed by atoms with van der Waals surface area (Å²) < 4.78 is 7.27. The monoisotopic (exact) mass is 303 g/mol. The van der Waals surface area contributed by atoms with Crippen molar-refractivity contribution in [3.05, 3.63) is 58.3 Å². The van der Waals surface area contributed by atoms with Gasteiger partial charge in [-0.05, 0) is 31.0 Å². The van der Waals surface area contributed by atoms with E-state index in [0.717, 1.165) is 11.1 Å². The molecule has 1 heterocycles. The van der Waals surface area contributed by atoms with Crippen LogP contribution in [0.2, 0.25) is 0 Å². The largest absolute Gasteiger partial charge is 0.493 e. The Balaban J connectivity index is 1.92. The quantitative estimate of drug-likeness (QED) is 0.649.